The Labute approximate surface area is 146 Å². The summed E-state index contributed by atoms with van der Waals surface area (Å²) in [4.78, 5) is 10.3. The van der Waals surface area contributed by atoms with Crippen molar-refractivity contribution < 1.29 is 33.0 Å². The number of alkyl halides is 3. The molecule has 0 aliphatic rings. The van der Waals surface area contributed by atoms with Crippen molar-refractivity contribution in [1.82, 2.24) is 20.2 Å². The van der Waals surface area contributed by atoms with Crippen LogP contribution in [-0.2, 0) is 6.18 Å². The molecule has 0 aliphatic heterocycles. The maximum Gasteiger partial charge on any atom is 0.419 e. The molecule has 2 aromatic heterocycles. The summed E-state index contributed by atoms with van der Waals surface area (Å²) in [6.07, 6.45) is -3.59. The Kier molecular flexibility index (Phi) is 4.02. The molecular weight excluding hydrogens is 377 g/mol. The van der Waals surface area contributed by atoms with Crippen molar-refractivity contribution in [3.05, 3.63) is 51.5 Å². The minimum Gasteiger partial charge on any atom is -0.619 e. The first-order valence-electron chi connectivity index (χ1n) is 6.89. The second-order valence-corrected chi connectivity index (χ2v) is 5.12. The van der Waals surface area contributed by atoms with Gasteiger partial charge in [-0.05, 0) is 11.3 Å². The van der Waals surface area contributed by atoms with Crippen LogP contribution < -0.4 is 4.73 Å². The molecule has 2 N–H and O–H groups in total. The number of nitrogens with zero attached hydrogens (tertiary/aromatic N) is 6. The molecule has 27 heavy (non-hydrogen) atoms. The van der Waals surface area contributed by atoms with Crippen molar-refractivity contribution >= 4 is 5.69 Å². The molecule has 0 spiro atoms. The molecule has 0 radical (unpaired) electrons. The zero-order chi connectivity index (χ0) is 19.9. The van der Waals surface area contributed by atoms with Gasteiger partial charge in [0.25, 0.3) is 0 Å². The summed E-state index contributed by atoms with van der Waals surface area (Å²) in [6, 6.07) is 2.20. The highest BCUT2D eigenvalue weighted by Gasteiger charge is 2.36. The van der Waals surface area contributed by atoms with Crippen LogP contribution in [0.2, 0.25) is 0 Å². The van der Waals surface area contributed by atoms with E-state index in [1.54, 1.807) is 0 Å². The Morgan fingerprint density at radius 2 is 1.96 bits per heavy atom. The number of nitro groups is 1. The van der Waals surface area contributed by atoms with Gasteiger partial charge in [0, 0.05) is 17.7 Å². The Bertz CT molecular complexity index is 1050. The lowest BCUT2D eigenvalue weighted by molar-refractivity contribution is -0.605. The lowest BCUT2D eigenvalue weighted by atomic mass is 10.1. The van der Waals surface area contributed by atoms with E-state index in [0.29, 0.717) is 23.3 Å². The normalized spacial score (nSPS) is 11.5. The van der Waals surface area contributed by atoms with E-state index in [4.69, 9.17) is 0 Å². The van der Waals surface area contributed by atoms with Gasteiger partial charge in [-0.25, -0.2) is 0 Å². The number of aromatic hydroxyl groups is 2. The van der Waals surface area contributed by atoms with Crippen molar-refractivity contribution in [3.63, 3.8) is 0 Å². The van der Waals surface area contributed by atoms with Crippen molar-refractivity contribution in [2.75, 3.05) is 0 Å². The Balaban J connectivity index is 2.12. The van der Waals surface area contributed by atoms with Crippen LogP contribution in [0.4, 0.5) is 18.9 Å². The number of pyridine rings is 1. The van der Waals surface area contributed by atoms with E-state index in [0.717, 1.165) is 12.1 Å². The third kappa shape index (κ3) is 3.26. The van der Waals surface area contributed by atoms with Gasteiger partial charge in [-0.15, -0.1) is 15.0 Å². The topological polar surface area (TPSA) is 154 Å². The number of tetrazole rings is 1. The molecule has 0 fully saturated rings. The van der Waals surface area contributed by atoms with Gasteiger partial charge in [0.1, 0.15) is 0 Å². The van der Waals surface area contributed by atoms with E-state index >= 15 is 0 Å². The third-order valence-corrected chi connectivity index (χ3v) is 3.37. The summed E-state index contributed by atoms with van der Waals surface area (Å²) in [5, 5.41) is 51.8. The van der Waals surface area contributed by atoms with Gasteiger partial charge in [0.05, 0.1) is 10.5 Å². The van der Waals surface area contributed by atoms with E-state index < -0.39 is 39.5 Å². The second kappa shape index (κ2) is 6.08. The van der Waals surface area contributed by atoms with Crippen LogP contribution in [0.25, 0.3) is 17.1 Å². The largest absolute Gasteiger partial charge is 0.619 e. The summed E-state index contributed by atoms with van der Waals surface area (Å²) in [5.41, 5.74) is -2.99. The molecule has 140 valence electrons. The Morgan fingerprint density at radius 1 is 1.26 bits per heavy atom. The predicted molar refractivity (Wildman–Crippen MR) is 78.5 cm³/mol. The van der Waals surface area contributed by atoms with E-state index in [9.17, 15) is 38.7 Å². The number of aromatic nitrogens is 5. The molecule has 1 aromatic carbocycles. The number of nitro benzene ring substituents is 1. The average Bonchev–Trinajstić information content (AvgIpc) is 3.05. The van der Waals surface area contributed by atoms with E-state index in [1.165, 1.54) is 0 Å². The molecule has 0 bridgehead atoms. The van der Waals surface area contributed by atoms with E-state index in [2.05, 4.69) is 15.4 Å². The minimum absolute atomic E-state index is 0.102. The first-order valence-corrected chi connectivity index (χ1v) is 6.89. The molecule has 2 heterocycles. The van der Waals surface area contributed by atoms with Crippen LogP contribution in [-0.4, -0.2) is 35.3 Å². The summed E-state index contributed by atoms with van der Waals surface area (Å²) < 4.78 is 39.4. The fourth-order valence-electron chi connectivity index (χ4n) is 2.17. The second-order valence-electron chi connectivity index (χ2n) is 5.12. The lowest BCUT2D eigenvalue weighted by Crippen LogP contribution is -2.28. The highest BCUT2D eigenvalue weighted by Crippen LogP contribution is 2.38. The number of phenolic OH excluding ortho intramolecular Hbond substituents is 2. The van der Waals surface area contributed by atoms with Gasteiger partial charge < -0.3 is 15.4 Å². The number of rotatable bonds is 3. The van der Waals surface area contributed by atoms with Gasteiger partial charge in [0.2, 0.25) is 17.8 Å². The van der Waals surface area contributed by atoms with Crippen LogP contribution in [0.3, 0.4) is 0 Å². The summed E-state index contributed by atoms with van der Waals surface area (Å²) >= 11 is 0. The zero-order valence-electron chi connectivity index (χ0n) is 12.8. The standard InChI is InChI=1S/C13H7F3N6O5/c14-13(15,16)7-1-2-20(25)5-9(7)21-18-12(17-19-21)6-3-8(22(26)27)11(24)10(23)4-6/h1-5,23-24H. The molecule has 0 saturated heterocycles. The first-order chi connectivity index (χ1) is 12.6. The van der Waals surface area contributed by atoms with Crippen molar-refractivity contribution in [1.29, 1.82) is 0 Å². The summed E-state index contributed by atoms with van der Waals surface area (Å²) in [5.74, 6) is -2.24. The molecule has 0 unspecified atom stereocenters. The highest BCUT2D eigenvalue weighted by atomic mass is 19.4. The summed E-state index contributed by atoms with van der Waals surface area (Å²) in [7, 11) is 0. The molecular formula is C13H7F3N6O5. The average molecular weight is 384 g/mol. The number of benzene rings is 1. The maximum atomic E-state index is 13.1. The van der Waals surface area contributed by atoms with Crippen LogP contribution >= 0.6 is 0 Å². The molecule has 0 amide bonds. The fraction of sp³-hybridized carbons (Fsp3) is 0.0769. The van der Waals surface area contributed by atoms with Crippen LogP contribution in [0.1, 0.15) is 5.56 Å². The predicted octanol–water partition coefficient (Wildman–Crippen LogP) is 1.30. The lowest BCUT2D eigenvalue weighted by Gasteiger charge is -2.10. The highest BCUT2D eigenvalue weighted by molar-refractivity contribution is 5.68. The van der Waals surface area contributed by atoms with E-state index in [1.807, 2.05) is 0 Å². The zero-order valence-corrected chi connectivity index (χ0v) is 12.8. The smallest absolute Gasteiger partial charge is 0.419 e. The van der Waals surface area contributed by atoms with Gasteiger partial charge in [-0.1, -0.05) is 0 Å². The summed E-state index contributed by atoms with van der Waals surface area (Å²) in [6.45, 7) is 0. The SMILES string of the molecule is O=[N+]([O-])c1cc(-c2nnn(-c3c[n+]([O-])ccc3C(F)(F)F)n2)cc(O)c1O. The van der Waals surface area contributed by atoms with Crippen molar-refractivity contribution in [2.24, 2.45) is 0 Å². The van der Waals surface area contributed by atoms with Crippen molar-refractivity contribution in [3.8, 4) is 28.6 Å². The molecule has 11 nitrogen and oxygen atoms in total. The van der Waals surface area contributed by atoms with Gasteiger partial charge in [-0.2, -0.15) is 17.9 Å². The minimum atomic E-state index is -4.81. The quantitative estimate of drug-likeness (QED) is 0.225. The van der Waals surface area contributed by atoms with Gasteiger partial charge >= 0.3 is 11.9 Å². The molecule has 14 heteroatoms. The van der Waals surface area contributed by atoms with Crippen LogP contribution in [0.15, 0.2) is 30.6 Å². The molecule has 0 saturated carbocycles. The van der Waals surface area contributed by atoms with Crippen molar-refractivity contribution in [2.45, 2.75) is 6.18 Å². The van der Waals surface area contributed by atoms with Gasteiger partial charge in [-0.3, -0.25) is 10.1 Å². The van der Waals surface area contributed by atoms with Crippen LogP contribution in [0, 0.1) is 15.3 Å². The molecule has 0 atom stereocenters. The Hall–Kier alpha value is -3.97. The molecule has 0 aliphatic carbocycles. The molecule has 3 rings (SSSR count). The van der Waals surface area contributed by atoms with E-state index in [-0.39, 0.29) is 16.1 Å². The number of phenols is 2. The maximum absolute atomic E-state index is 13.1. The third-order valence-electron chi connectivity index (χ3n) is 3.37. The van der Waals surface area contributed by atoms with Crippen LogP contribution in [0.5, 0.6) is 11.5 Å². The Morgan fingerprint density at radius 3 is 2.59 bits per heavy atom. The first kappa shape index (κ1) is 17.8. The monoisotopic (exact) mass is 384 g/mol. The number of hydrogen-bond acceptors (Lipinski definition) is 8. The fourth-order valence-corrected chi connectivity index (χ4v) is 2.17. The van der Waals surface area contributed by atoms with Gasteiger partial charge in [0.15, 0.2) is 17.6 Å². The number of halogens is 3. The molecule has 3 aromatic rings. The number of hydrogen-bond donors (Lipinski definition) is 2.